The molecule has 0 aliphatic carbocycles. The summed E-state index contributed by atoms with van der Waals surface area (Å²) in [5.41, 5.74) is 6.20. The lowest BCUT2D eigenvalue weighted by atomic mass is 10.1. The SMILES string of the molecule is CC(NCCCCN)c1ccc(O)cc1O. The molecule has 0 aliphatic rings. The fourth-order valence-corrected chi connectivity index (χ4v) is 1.60. The van der Waals surface area contributed by atoms with Crippen LogP contribution < -0.4 is 11.1 Å². The van der Waals surface area contributed by atoms with Crippen molar-refractivity contribution in [1.29, 1.82) is 0 Å². The molecule has 0 radical (unpaired) electrons. The number of benzene rings is 1. The van der Waals surface area contributed by atoms with Crippen molar-refractivity contribution in [3.8, 4) is 11.5 Å². The lowest BCUT2D eigenvalue weighted by Gasteiger charge is -2.15. The molecule has 1 aromatic rings. The molecule has 90 valence electrons. The molecule has 4 nitrogen and oxygen atoms in total. The average Bonchev–Trinajstić information content (AvgIpc) is 2.24. The van der Waals surface area contributed by atoms with E-state index in [9.17, 15) is 10.2 Å². The van der Waals surface area contributed by atoms with E-state index < -0.39 is 0 Å². The van der Waals surface area contributed by atoms with Gasteiger partial charge >= 0.3 is 0 Å². The number of hydrogen-bond acceptors (Lipinski definition) is 4. The molecule has 5 N–H and O–H groups in total. The third-order valence-corrected chi connectivity index (χ3v) is 2.56. The summed E-state index contributed by atoms with van der Waals surface area (Å²) in [6, 6.07) is 4.73. The van der Waals surface area contributed by atoms with Gasteiger partial charge in [0.25, 0.3) is 0 Å². The van der Waals surface area contributed by atoms with Gasteiger partial charge in [-0.1, -0.05) is 6.07 Å². The minimum absolute atomic E-state index is 0.0679. The van der Waals surface area contributed by atoms with Crippen molar-refractivity contribution in [3.05, 3.63) is 23.8 Å². The van der Waals surface area contributed by atoms with Crippen LogP contribution in [0.25, 0.3) is 0 Å². The van der Waals surface area contributed by atoms with Crippen LogP contribution in [-0.4, -0.2) is 23.3 Å². The van der Waals surface area contributed by atoms with Crippen LogP contribution >= 0.6 is 0 Å². The Bertz CT molecular complexity index is 329. The zero-order valence-corrected chi connectivity index (χ0v) is 9.61. The smallest absolute Gasteiger partial charge is 0.124 e. The third-order valence-electron chi connectivity index (χ3n) is 2.56. The molecule has 16 heavy (non-hydrogen) atoms. The van der Waals surface area contributed by atoms with E-state index in [4.69, 9.17) is 5.73 Å². The summed E-state index contributed by atoms with van der Waals surface area (Å²) in [4.78, 5) is 0. The molecule has 4 heteroatoms. The number of phenols is 2. The quantitative estimate of drug-likeness (QED) is 0.552. The normalized spacial score (nSPS) is 12.6. The average molecular weight is 224 g/mol. The summed E-state index contributed by atoms with van der Waals surface area (Å²) < 4.78 is 0. The maximum atomic E-state index is 9.64. The van der Waals surface area contributed by atoms with Gasteiger partial charge in [0, 0.05) is 17.7 Å². The molecule has 0 saturated heterocycles. The zero-order chi connectivity index (χ0) is 12.0. The molecule has 0 amide bonds. The first-order valence-electron chi connectivity index (χ1n) is 5.60. The van der Waals surface area contributed by atoms with Crippen molar-refractivity contribution in [2.24, 2.45) is 5.73 Å². The van der Waals surface area contributed by atoms with Crippen LogP contribution in [0, 0.1) is 0 Å². The second-order valence-electron chi connectivity index (χ2n) is 3.91. The minimum atomic E-state index is 0.0679. The van der Waals surface area contributed by atoms with E-state index in [-0.39, 0.29) is 17.5 Å². The van der Waals surface area contributed by atoms with Crippen LogP contribution in [0.2, 0.25) is 0 Å². The Hall–Kier alpha value is -1.26. The Kier molecular flexibility index (Phi) is 5.08. The summed E-state index contributed by atoms with van der Waals surface area (Å²) >= 11 is 0. The van der Waals surface area contributed by atoms with Crippen LogP contribution in [0.4, 0.5) is 0 Å². The Morgan fingerprint density at radius 3 is 2.69 bits per heavy atom. The van der Waals surface area contributed by atoms with E-state index in [0.717, 1.165) is 24.9 Å². The fraction of sp³-hybridized carbons (Fsp3) is 0.500. The largest absolute Gasteiger partial charge is 0.508 e. The summed E-state index contributed by atoms with van der Waals surface area (Å²) in [5.74, 6) is 0.204. The Balaban J connectivity index is 2.49. The minimum Gasteiger partial charge on any atom is -0.508 e. The first-order valence-corrected chi connectivity index (χ1v) is 5.60. The Morgan fingerprint density at radius 2 is 2.06 bits per heavy atom. The van der Waals surface area contributed by atoms with Crippen molar-refractivity contribution in [2.45, 2.75) is 25.8 Å². The van der Waals surface area contributed by atoms with E-state index in [0.29, 0.717) is 6.54 Å². The monoisotopic (exact) mass is 224 g/mol. The van der Waals surface area contributed by atoms with Gasteiger partial charge in [0.2, 0.25) is 0 Å². The Labute approximate surface area is 96.1 Å². The number of nitrogens with two attached hydrogens (primary N) is 1. The van der Waals surface area contributed by atoms with Gasteiger partial charge in [0.1, 0.15) is 11.5 Å². The van der Waals surface area contributed by atoms with Crippen molar-refractivity contribution < 1.29 is 10.2 Å². The van der Waals surface area contributed by atoms with Crippen molar-refractivity contribution in [2.75, 3.05) is 13.1 Å². The molecule has 0 bridgehead atoms. The number of hydrogen-bond donors (Lipinski definition) is 4. The van der Waals surface area contributed by atoms with Gasteiger partial charge < -0.3 is 21.3 Å². The first kappa shape index (κ1) is 12.8. The van der Waals surface area contributed by atoms with Crippen LogP contribution in [0.5, 0.6) is 11.5 Å². The second-order valence-corrected chi connectivity index (χ2v) is 3.91. The molecule has 0 saturated carbocycles. The van der Waals surface area contributed by atoms with E-state index in [2.05, 4.69) is 5.32 Å². The molecule has 0 spiro atoms. The molecule has 0 aliphatic heterocycles. The number of unbranched alkanes of at least 4 members (excludes halogenated alkanes) is 1. The molecular weight excluding hydrogens is 204 g/mol. The van der Waals surface area contributed by atoms with E-state index in [1.807, 2.05) is 6.92 Å². The van der Waals surface area contributed by atoms with Gasteiger partial charge in [0.15, 0.2) is 0 Å². The summed E-state index contributed by atoms with van der Waals surface area (Å²) in [7, 11) is 0. The summed E-state index contributed by atoms with van der Waals surface area (Å²) in [6.07, 6.45) is 2.03. The summed E-state index contributed by atoms with van der Waals surface area (Å²) in [6.45, 7) is 3.56. The van der Waals surface area contributed by atoms with Crippen LogP contribution in [0.1, 0.15) is 31.4 Å². The predicted molar refractivity (Wildman–Crippen MR) is 64.5 cm³/mol. The van der Waals surface area contributed by atoms with E-state index >= 15 is 0 Å². The highest BCUT2D eigenvalue weighted by molar-refractivity contribution is 5.40. The van der Waals surface area contributed by atoms with Gasteiger partial charge in [-0.15, -0.1) is 0 Å². The highest BCUT2D eigenvalue weighted by Crippen LogP contribution is 2.27. The third kappa shape index (κ3) is 3.72. The molecule has 0 heterocycles. The van der Waals surface area contributed by atoms with Gasteiger partial charge in [-0.05, 0) is 38.9 Å². The van der Waals surface area contributed by atoms with E-state index in [1.165, 1.54) is 6.07 Å². The molecule has 1 aromatic carbocycles. The van der Waals surface area contributed by atoms with Gasteiger partial charge in [0.05, 0.1) is 0 Å². The molecule has 1 unspecified atom stereocenters. The van der Waals surface area contributed by atoms with Crippen LogP contribution in [0.15, 0.2) is 18.2 Å². The highest BCUT2D eigenvalue weighted by Gasteiger charge is 2.09. The zero-order valence-electron chi connectivity index (χ0n) is 9.61. The second kappa shape index (κ2) is 6.35. The number of aromatic hydroxyl groups is 2. The molecular formula is C12H20N2O2. The predicted octanol–water partition coefficient (Wildman–Crippen LogP) is 1.49. The maximum Gasteiger partial charge on any atom is 0.124 e. The van der Waals surface area contributed by atoms with Gasteiger partial charge in [-0.2, -0.15) is 0 Å². The standard InChI is InChI=1S/C12H20N2O2/c1-9(14-7-3-2-6-13)11-5-4-10(15)8-12(11)16/h4-5,8-9,14-16H,2-3,6-7,13H2,1H3. The van der Waals surface area contributed by atoms with Crippen LogP contribution in [-0.2, 0) is 0 Å². The number of nitrogens with one attached hydrogen (secondary N) is 1. The fourth-order valence-electron chi connectivity index (χ4n) is 1.60. The lowest BCUT2D eigenvalue weighted by Crippen LogP contribution is -2.20. The maximum absolute atomic E-state index is 9.64. The van der Waals surface area contributed by atoms with Crippen LogP contribution in [0.3, 0.4) is 0 Å². The Morgan fingerprint density at radius 1 is 1.31 bits per heavy atom. The van der Waals surface area contributed by atoms with Gasteiger partial charge in [-0.3, -0.25) is 0 Å². The summed E-state index contributed by atoms with van der Waals surface area (Å²) in [5, 5.41) is 22.1. The molecule has 0 aromatic heterocycles. The van der Waals surface area contributed by atoms with Crippen molar-refractivity contribution in [1.82, 2.24) is 5.32 Å². The number of phenolic OH excluding ortho intramolecular Hbond substituents is 2. The lowest BCUT2D eigenvalue weighted by molar-refractivity contribution is 0.435. The molecule has 1 rings (SSSR count). The highest BCUT2D eigenvalue weighted by atomic mass is 16.3. The van der Waals surface area contributed by atoms with Gasteiger partial charge in [-0.25, -0.2) is 0 Å². The topological polar surface area (TPSA) is 78.5 Å². The van der Waals surface area contributed by atoms with E-state index in [1.54, 1.807) is 12.1 Å². The molecule has 1 atom stereocenters. The molecule has 0 fully saturated rings. The first-order chi connectivity index (χ1) is 7.65. The van der Waals surface area contributed by atoms with Crippen molar-refractivity contribution in [3.63, 3.8) is 0 Å². The van der Waals surface area contributed by atoms with Crippen molar-refractivity contribution >= 4 is 0 Å². The number of rotatable bonds is 6.